The van der Waals surface area contributed by atoms with Gasteiger partial charge < -0.3 is 5.73 Å². The van der Waals surface area contributed by atoms with Crippen molar-refractivity contribution >= 4 is 5.82 Å². The average Bonchev–Trinajstić information content (AvgIpc) is 2.56. The summed E-state index contributed by atoms with van der Waals surface area (Å²) in [5, 5.41) is 0. The molecule has 0 saturated carbocycles. The molecule has 59 valence electrons. The van der Waals surface area contributed by atoms with Gasteiger partial charge in [-0.15, -0.1) is 0 Å². The summed E-state index contributed by atoms with van der Waals surface area (Å²) in [5.74, 6) is 0.942. The van der Waals surface area contributed by atoms with E-state index < -0.39 is 0 Å². The lowest BCUT2D eigenvalue weighted by atomic mass is 10.6. The summed E-state index contributed by atoms with van der Waals surface area (Å²) in [6, 6.07) is 1.63. The van der Waals surface area contributed by atoms with Gasteiger partial charge in [0, 0.05) is 12.4 Å². The van der Waals surface area contributed by atoms with Gasteiger partial charge in [0.15, 0.2) is 0 Å². The van der Waals surface area contributed by atoms with Crippen LogP contribution in [0.5, 0.6) is 0 Å². The molecule has 2 aromatic heterocycles. The summed E-state index contributed by atoms with van der Waals surface area (Å²) in [7, 11) is 0. The molecule has 2 N–H and O–H groups in total. The second-order valence-corrected chi connectivity index (χ2v) is 2.19. The van der Waals surface area contributed by atoms with Crippen LogP contribution in [0.3, 0.4) is 0 Å². The standard InChI is InChI=1S/C7H6N5/c8-6-1-2-10-7(11-6)12-4-3-9-5-12/h1-2,4-5H,(H2,8,10,11). The van der Waals surface area contributed by atoms with E-state index in [2.05, 4.69) is 21.1 Å². The van der Waals surface area contributed by atoms with Crippen LogP contribution in [0.2, 0.25) is 0 Å². The third-order valence-corrected chi connectivity index (χ3v) is 1.35. The topological polar surface area (TPSA) is 69.6 Å². The zero-order valence-corrected chi connectivity index (χ0v) is 6.18. The van der Waals surface area contributed by atoms with Crippen LogP contribution in [0.4, 0.5) is 5.82 Å². The van der Waals surface area contributed by atoms with Crippen LogP contribution in [0.15, 0.2) is 24.8 Å². The predicted octanol–water partition coefficient (Wildman–Crippen LogP) is 0.0447. The van der Waals surface area contributed by atoms with Crippen LogP contribution in [-0.4, -0.2) is 19.5 Å². The third kappa shape index (κ3) is 1.12. The summed E-state index contributed by atoms with van der Waals surface area (Å²) in [6.07, 6.45) is 7.43. The number of rotatable bonds is 1. The van der Waals surface area contributed by atoms with Crippen LogP contribution >= 0.6 is 0 Å². The van der Waals surface area contributed by atoms with E-state index in [9.17, 15) is 0 Å². The lowest BCUT2D eigenvalue weighted by Gasteiger charge is -1.98. The molecule has 0 atom stereocenters. The molecule has 1 radical (unpaired) electrons. The van der Waals surface area contributed by atoms with Gasteiger partial charge in [0.25, 0.3) is 0 Å². The van der Waals surface area contributed by atoms with Gasteiger partial charge in [0.05, 0.1) is 0 Å². The van der Waals surface area contributed by atoms with Gasteiger partial charge in [-0.2, -0.15) is 4.98 Å². The Bertz CT molecular complexity index is 367. The average molecular weight is 160 g/mol. The Balaban J connectivity index is 2.48. The Labute approximate surface area is 68.9 Å². The normalized spacial score (nSPS) is 10.0. The quantitative estimate of drug-likeness (QED) is 0.639. The van der Waals surface area contributed by atoms with Crippen molar-refractivity contribution in [1.29, 1.82) is 0 Å². The lowest BCUT2D eigenvalue weighted by Crippen LogP contribution is -2.00. The van der Waals surface area contributed by atoms with Crippen LogP contribution in [-0.2, 0) is 0 Å². The largest absolute Gasteiger partial charge is 0.384 e. The molecule has 2 aromatic rings. The SMILES string of the molecule is Nc1ccnc(-n2c[c]nc2)n1. The molecule has 12 heavy (non-hydrogen) atoms. The fourth-order valence-corrected chi connectivity index (χ4v) is 0.820. The number of anilines is 1. The van der Waals surface area contributed by atoms with Crippen LogP contribution in [0.1, 0.15) is 0 Å². The number of hydrogen-bond donors (Lipinski definition) is 1. The molecule has 0 aliphatic heterocycles. The Hall–Kier alpha value is -1.91. The van der Waals surface area contributed by atoms with E-state index in [0.717, 1.165) is 0 Å². The smallest absolute Gasteiger partial charge is 0.236 e. The van der Waals surface area contributed by atoms with E-state index in [1.54, 1.807) is 29.4 Å². The lowest BCUT2D eigenvalue weighted by molar-refractivity contribution is 0.929. The zero-order chi connectivity index (χ0) is 8.39. The summed E-state index contributed by atoms with van der Waals surface area (Å²) in [6.45, 7) is 0. The molecular weight excluding hydrogens is 154 g/mol. The van der Waals surface area contributed by atoms with Crippen LogP contribution in [0.25, 0.3) is 5.95 Å². The minimum atomic E-state index is 0.439. The van der Waals surface area contributed by atoms with Gasteiger partial charge in [-0.25, -0.2) is 9.97 Å². The van der Waals surface area contributed by atoms with E-state index in [1.807, 2.05) is 0 Å². The fourth-order valence-electron chi connectivity index (χ4n) is 0.820. The molecule has 2 rings (SSSR count). The highest BCUT2D eigenvalue weighted by Crippen LogP contribution is 2.00. The monoisotopic (exact) mass is 160 g/mol. The number of imidazole rings is 1. The zero-order valence-electron chi connectivity index (χ0n) is 6.18. The highest BCUT2D eigenvalue weighted by Gasteiger charge is 1.97. The van der Waals surface area contributed by atoms with Gasteiger partial charge in [-0.3, -0.25) is 4.57 Å². The molecule has 2 heterocycles. The summed E-state index contributed by atoms with van der Waals surface area (Å²) >= 11 is 0. The number of nitrogen functional groups attached to an aromatic ring is 1. The first-order valence-corrected chi connectivity index (χ1v) is 3.35. The molecule has 0 aliphatic rings. The number of nitrogens with zero attached hydrogens (tertiary/aromatic N) is 4. The molecule has 0 saturated heterocycles. The van der Waals surface area contributed by atoms with E-state index in [1.165, 1.54) is 0 Å². The molecular formula is C7H6N5. The maximum atomic E-state index is 5.47. The van der Waals surface area contributed by atoms with E-state index in [-0.39, 0.29) is 0 Å². The minimum absolute atomic E-state index is 0.439. The molecule has 5 nitrogen and oxygen atoms in total. The van der Waals surface area contributed by atoms with Crippen molar-refractivity contribution in [1.82, 2.24) is 19.5 Å². The van der Waals surface area contributed by atoms with Crippen molar-refractivity contribution in [3.05, 3.63) is 31.0 Å². The second kappa shape index (κ2) is 2.61. The van der Waals surface area contributed by atoms with Crippen molar-refractivity contribution in [3.63, 3.8) is 0 Å². The minimum Gasteiger partial charge on any atom is -0.384 e. The molecule has 5 heteroatoms. The maximum Gasteiger partial charge on any atom is 0.236 e. The van der Waals surface area contributed by atoms with Gasteiger partial charge in [0.1, 0.15) is 18.3 Å². The van der Waals surface area contributed by atoms with E-state index >= 15 is 0 Å². The molecule has 0 spiro atoms. The molecule has 0 unspecified atom stereocenters. The number of aromatic nitrogens is 4. The molecule has 0 fully saturated rings. The van der Waals surface area contributed by atoms with Gasteiger partial charge in [-0.1, -0.05) is 0 Å². The van der Waals surface area contributed by atoms with Gasteiger partial charge >= 0.3 is 0 Å². The summed E-state index contributed by atoms with van der Waals surface area (Å²) < 4.78 is 1.64. The third-order valence-electron chi connectivity index (χ3n) is 1.35. The predicted molar refractivity (Wildman–Crippen MR) is 42.4 cm³/mol. The van der Waals surface area contributed by atoms with Crippen molar-refractivity contribution in [2.45, 2.75) is 0 Å². The van der Waals surface area contributed by atoms with Gasteiger partial charge in [-0.05, 0) is 6.07 Å². The Morgan fingerprint density at radius 1 is 1.50 bits per heavy atom. The molecule has 0 aliphatic carbocycles. The summed E-state index contributed by atoms with van der Waals surface area (Å²) in [5.41, 5.74) is 5.47. The van der Waals surface area contributed by atoms with E-state index in [0.29, 0.717) is 11.8 Å². The Morgan fingerprint density at radius 2 is 2.42 bits per heavy atom. The molecule has 0 bridgehead atoms. The van der Waals surface area contributed by atoms with Crippen LogP contribution in [0, 0.1) is 6.20 Å². The summed E-state index contributed by atoms with van der Waals surface area (Å²) in [4.78, 5) is 11.7. The fraction of sp³-hybridized carbons (Fsp3) is 0. The van der Waals surface area contributed by atoms with Gasteiger partial charge in [0.2, 0.25) is 5.95 Å². The second-order valence-electron chi connectivity index (χ2n) is 2.19. The Morgan fingerprint density at radius 3 is 3.08 bits per heavy atom. The van der Waals surface area contributed by atoms with Crippen LogP contribution < -0.4 is 5.73 Å². The number of nitrogens with two attached hydrogens (primary N) is 1. The first kappa shape index (κ1) is 6.78. The molecule has 0 amide bonds. The van der Waals surface area contributed by atoms with Crippen molar-refractivity contribution in [3.8, 4) is 5.95 Å². The number of hydrogen-bond acceptors (Lipinski definition) is 4. The van der Waals surface area contributed by atoms with E-state index in [4.69, 9.17) is 5.73 Å². The molecule has 0 aromatic carbocycles. The highest BCUT2D eigenvalue weighted by atomic mass is 15.2. The van der Waals surface area contributed by atoms with Crippen molar-refractivity contribution in [2.24, 2.45) is 0 Å². The van der Waals surface area contributed by atoms with Crippen molar-refractivity contribution in [2.75, 3.05) is 5.73 Å². The first-order chi connectivity index (χ1) is 5.86. The Kier molecular flexibility index (Phi) is 1.48. The first-order valence-electron chi connectivity index (χ1n) is 3.35. The van der Waals surface area contributed by atoms with Crippen molar-refractivity contribution < 1.29 is 0 Å². The highest BCUT2D eigenvalue weighted by molar-refractivity contribution is 5.29. The maximum absolute atomic E-state index is 5.47.